The van der Waals surface area contributed by atoms with Crippen molar-refractivity contribution >= 4 is 10.9 Å². The molecule has 4 heteroatoms. The molecule has 0 bridgehead atoms. The molecular weight excluding hydrogens is 325 g/mol. The van der Waals surface area contributed by atoms with Crippen molar-refractivity contribution in [1.82, 2.24) is 14.5 Å². The lowest BCUT2D eigenvalue weighted by atomic mass is 9.99. The molecule has 0 aliphatic carbocycles. The van der Waals surface area contributed by atoms with Crippen molar-refractivity contribution in [3.63, 3.8) is 0 Å². The fourth-order valence-corrected chi connectivity index (χ4v) is 3.92. The summed E-state index contributed by atoms with van der Waals surface area (Å²) in [5.74, 6) is 0.904. The molecule has 0 spiro atoms. The third-order valence-electron chi connectivity index (χ3n) is 5.15. The van der Waals surface area contributed by atoms with Crippen LogP contribution in [0.2, 0.25) is 0 Å². The second-order valence-corrected chi connectivity index (χ2v) is 6.85. The van der Waals surface area contributed by atoms with Gasteiger partial charge < -0.3 is 4.57 Å². The summed E-state index contributed by atoms with van der Waals surface area (Å²) >= 11 is 0. The molecule has 0 saturated heterocycles. The average molecular weight is 343 g/mol. The Morgan fingerprint density at radius 2 is 2.00 bits per heavy atom. The Morgan fingerprint density at radius 3 is 2.88 bits per heavy atom. The first-order valence-corrected chi connectivity index (χ1v) is 8.92. The minimum absolute atomic E-state index is 0.212. The lowest BCUT2D eigenvalue weighted by Gasteiger charge is -2.11. The van der Waals surface area contributed by atoms with E-state index in [1.54, 1.807) is 6.07 Å². The van der Waals surface area contributed by atoms with Gasteiger partial charge in [0.1, 0.15) is 11.6 Å². The van der Waals surface area contributed by atoms with Crippen LogP contribution >= 0.6 is 0 Å². The maximum Gasteiger partial charge on any atom is 0.123 e. The first kappa shape index (κ1) is 15.3. The van der Waals surface area contributed by atoms with Gasteiger partial charge in [0.05, 0.1) is 16.9 Å². The summed E-state index contributed by atoms with van der Waals surface area (Å²) in [6.07, 6.45) is 3.92. The number of imidazole rings is 1. The summed E-state index contributed by atoms with van der Waals surface area (Å²) < 4.78 is 15.9. The van der Waals surface area contributed by atoms with Gasteiger partial charge in [-0.25, -0.2) is 9.37 Å². The Morgan fingerprint density at radius 1 is 1.08 bits per heavy atom. The highest BCUT2D eigenvalue weighted by molar-refractivity contribution is 5.88. The minimum atomic E-state index is -0.212. The summed E-state index contributed by atoms with van der Waals surface area (Å²) in [4.78, 5) is 9.35. The molecule has 4 aromatic rings. The Balaban J connectivity index is 1.77. The van der Waals surface area contributed by atoms with Gasteiger partial charge in [-0.3, -0.25) is 4.98 Å². The zero-order valence-electron chi connectivity index (χ0n) is 14.5. The van der Waals surface area contributed by atoms with Gasteiger partial charge in [-0.1, -0.05) is 12.1 Å². The highest BCUT2D eigenvalue weighted by atomic mass is 19.1. The predicted octanol–water partition coefficient (Wildman–Crippen LogP) is 5.16. The number of aryl methyl sites for hydroxylation is 2. The molecule has 128 valence electrons. The molecular formula is C22H18FN3. The average Bonchev–Trinajstić information content (AvgIpc) is 3.22. The zero-order chi connectivity index (χ0) is 17.7. The normalized spacial score (nSPS) is 13.3. The lowest BCUT2D eigenvalue weighted by Crippen LogP contribution is -1.97. The molecule has 1 aliphatic heterocycles. The van der Waals surface area contributed by atoms with Crippen molar-refractivity contribution in [2.75, 3.05) is 0 Å². The summed E-state index contributed by atoms with van der Waals surface area (Å²) in [5, 5.41) is 1.11. The number of rotatable bonds is 2. The number of fused-ring (bicyclic) bond motifs is 2. The van der Waals surface area contributed by atoms with E-state index in [0.717, 1.165) is 64.2 Å². The number of pyridine rings is 1. The number of benzene rings is 2. The van der Waals surface area contributed by atoms with Gasteiger partial charge in [-0.15, -0.1) is 0 Å². The largest absolute Gasteiger partial charge is 0.327 e. The quantitative estimate of drug-likeness (QED) is 0.503. The highest BCUT2D eigenvalue weighted by Gasteiger charge is 2.24. The number of hydrogen-bond donors (Lipinski definition) is 0. The number of hydrogen-bond acceptors (Lipinski definition) is 2. The van der Waals surface area contributed by atoms with Crippen molar-refractivity contribution in [3.8, 4) is 22.5 Å². The highest BCUT2D eigenvalue weighted by Crippen LogP contribution is 2.37. The topological polar surface area (TPSA) is 30.7 Å². The number of nitrogens with zero attached hydrogens (tertiary/aromatic N) is 3. The molecule has 3 nitrogen and oxygen atoms in total. The van der Waals surface area contributed by atoms with Crippen LogP contribution in [0.25, 0.3) is 33.4 Å². The van der Waals surface area contributed by atoms with Gasteiger partial charge in [0.25, 0.3) is 0 Å². The molecule has 0 amide bonds. The van der Waals surface area contributed by atoms with E-state index in [0.29, 0.717) is 0 Å². The maximum atomic E-state index is 13.6. The molecule has 0 saturated carbocycles. The Labute approximate surface area is 151 Å². The van der Waals surface area contributed by atoms with Gasteiger partial charge in [-0.2, -0.15) is 0 Å². The van der Waals surface area contributed by atoms with Crippen LogP contribution in [0.3, 0.4) is 0 Å². The second kappa shape index (κ2) is 5.77. The van der Waals surface area contributed by atoms with Crippen LogP contribution in [0.15, 0.2) is 54.7 Å². The SMILES string of the molecule is Cc1cc(F)ccc1-c1nc2n(c1-c1ccc3ncccc3c1)CCC2. The molecule has 0 fully saturated rings. The molecule has 0 atom stereocenters. The molecule has 2 aromatic heterocycles. The zero-order valence-corrected chi connectivity index (χ0v) is 14.5. The van der Waals surface area contributed by atoms with E-state index >= 15 is 0 Å². The van der Waals surface area contributed by atoms with E-state index in [1.165, 1.54) is 6.07 Å². The lowest BCUT2D eigenvalue weighted by molar-refractivity contribution is 0.627. The Kier molecular flexibility index (Phi) is 3.38. The van der Waals surface area contributed by atoms with Gasteiger partial charge in [0, 0.05) is 35.7 Å². The molecule has 3 heterocycles. The van der Waals surface area contributed by atoms with Gasteiger partial charge >= 0.3 is 0 Å². The van der Waals surface area contributed by atoms with Crippen LogP contribution in [0, 0.1) is 12.7 Å². The van der Waals surface area contributed by atoms with E-state index in [-0.39, 0.29) is 5.82 Å². The molecule has 5 rings (SSSR count). The maximum absolute atomic E-state index is 13.6. The summed E-state index contributed by atoms with van der Waals surface area (Å²) in [6, 6.07) is 15.3. The number of halogens is 1. The van der Waals surface area contributed by atoms with Crippen molar-refractivity contribution in [3.05, 3.63) is 71.9 Å². The third kappa shape index (κ3) is 2.33. The van der Waals surface area contributed by atoms with E-state index in [4.69, 9.17) is 4.98 Å². The Bertz CT molecular complexity index is 1140. The monoisotopic (exact) mass is 343 g/mol. The van der Waals surface area contributed by atoms with E-state index in [9.17, 15) is 4.39 Å². The van der Waals surface area contributed by atoms with Gasteiger partial charge in [0.15, 0.2) is 0 Å². The molecule has 2 aromatic carbocycles. The number of aromatic nitrogens is 3. The van der Waals surface area contributed by atoms with Gasteiger partial charge in [0.2, 0.25) is 0 Å². The fourth-order valence-electron chi connectivity index (χ4n) is 3.92. The molecule has 26 heavy (non-hydrogen) atoms. The van der Waals surface area contributed by atoms with Crippen molar-refractivity contribution in [2.45, 2.75) is 26.3 Å². The van der Waals surface area contributed by atoms with Crippen molar-refractivity contribution in [2.24, 2.45) is 0 Å². The smallest absolute Gasteiger partial charge is 0.123 e. The molecule has 1 aliphatic rings. The van der Waals surface area contributed by atoms with Crippen molar-refractivity contribution < 1.29 is 4.39 Å². The minimum Gasteiger partial charge on any atom is -0.327 e. The molecule has 0 unspecified atom stereocenters. The first-order chi connectivity index (χ1) is 12.7. The van der Waals surface area contributed by atoms with Gasteiger partial charge in [-0.05, 0) is 55.3 Å². The molecule has 0 N–H and O–H groups in total. The van der Waals surface area contributed by atoms with Crippen LogP contribution in [-0.2, 0) is 13.0 Å². The van der Waals surface area contributed by atoms with E-state index in [1.807, 2.05) is 25.3 Å². The van der Waals surface area contributed by atoms with Crippen molar-refractivity contribution in [1.29, 1.82) is 0 Å². The van der Waals surface area contributed by atoms with Crippen LogP contribution in [-0.4, -0.2) is 14.5 Å². The first-order valence-electron chi connectivity index (χ1n) is 8.92. The Hall–Kier alpha value is -3.01. The predicted molar refractivity (Wildman–Crippen MR) is 101 cm³/mol. The van der Waals surface area contributed by atoms with E-state index < -0.39 is 0 Å². The third-order valence-corrected chi connectivity index (χ3v) is 5.15. The standard InChI is InChI=1S/C22H18FN3/c1-14-12-17(23)7-8-18(14)21-22(26-11-3-5-20(26)25-21)16-6-9-19-15(13-16)4-2-10-24-19/h2,4,6-10,12-13H,3,5,11H2,1H3. The van der Waals surface area contributed by atoms with Crippen LogP contribution in [0.4, 0.5) is 4.39 Å². The summed E-state index contributed by atoms with van der Waals surface area (Å²) in [5.41, 5.74) is 6.08. The van der Waals surface area contributed by atoms with Crippen LogP contribution in [0.1, 0.15) is 17.8 Å². The second-order valence-electron chi connectivity index (χ2n) is 6.85. The fraction of sp³-hybridized carbons (Fsp3) is 0.182. The van der Waals surface area contributed by atoms with Crippen LogP contribution in [0.5, 0.6) is 0 Å². The van der Waals surface area contributed by atoms with Crippen LogP contribution < -0.4 is 0 Å². The van der Waals surface area contributed by atoms with E-state index in [2.05, 4.69) is 33.8 Å². The summed E-state index contributed by atoms with van der Waals surface area (Å²) in [7, 11) is 0. The summed E-state index contributed by atoms with van der Waals surface area (Å²) in [6.45, 7) is 2.92. The molecule has 0 radical (unpaired) electrons.